The highest BCUT2D eigenvalue weighted by Gasteiger charge is 2.57. The van der Waals surface area contributed by atoms with Crippen molar-refractivity contribution in [3.8, 4) is 6.07 Å². The number of aromatic nitrogens is 1. The minimum atomic E-state index is -0.854. The van der Waals surface area contributed by atoms with Gasteiger partial charge in [-0.15, -0.1) is 0 Å². The van der Waals surface area contributed by atoms with Crippen molar-refractivity contribution in [2.45, 2.75) is 62.9 Å². The summed E-state index contributed by atoms with van der Waals surface area (Å²) in [5.41, 5.74) is -0.172. The third-order valence-corrected chi connectivity index (χ3v) is 6.76. The van der Waals surface area contributed by atoms with E-state index in [0.717, 1.165) is 25.9 Å². The van der Waals surface area contributed by atoms with Crippen molar-refractivity contribution in [3.05, 3.63) is 22.2 Å². The molecule has 1 saturated heterocycles. The van der Waals surface area contributed by atoms with Gasteiger partial charge in [0, 0.05) is 18.9 Å². The highest BCUT2D eigenvalue weighted by atomic mass is 79.9. The lowest BCUT2D eigenvalue weighted by Crippen LogP contribution is -2.64. The molecule has 3 aliphatic rings. The summed E-state index contributed by atoms with van der Waals surface area (Å²) >= 11 is 3.19. The van der Waals surface area contributed by atoms with Crippen molar-refractivity contribution < 1.29 is 9.18 Å². The molecule has 2 fully saturated rings. The first kappa shape index (κ1) is 17.9. The molecule has 1 aromatic rings. The minimum absolute atomic E-state index is 0.0382. The largest absolute Gasteiger partial charge is 0.306 e. The number of anilines is 1. The number of halogens is 2. The first-order valence-corrected chi connectivity index (χ1v) is 9.96. The molecule has 3 heterocycles. The van der Waals surface area contributed by atoms with Crippen LogP contribution in [-0.4, -0.2) is 40.5 Å². The van der Waals surface area contributed by atoms with Gasteiger partial charge in [0.25, 0.3) is 0 Å². The Labute approximate surface area is 161 Å². The summed E-state index contributed by atoms with van der Waals surface area (Å²) in [6.07, 6.45) is 4.75. The van der Waals surface area contributed by atoms with Gasteiger partial charge in [-0.1, -0.05) is 6.42 Å². The lowest BCUT2D eigenvalue weighted by atomic mass is 9.70. The molecule has 0 radical (unpaired) electrons. The second-order valence-corrected chi connectivity index (χ2v) is 9.04. The Morgan fingerprint density at radius 3 is 2.58 bits per heavy atom. The van der Waals surface area contributed by atoms with Crippen LogP contribution in [0.1, 0.15) is 51.6 Å². The number of hydrogen-bond donors (Lipinski definition) is 0. The number of carbonyl (C=O) groups excluding carboxylic acids is 1. The van der Waals surface area contributed by atoms with Crippen molar-refractivity contribution in [2.75, 3.05) is 18.0 Å². The number of carbonyl (C=O) groups is 1. The molecular formula is C19H22BrFN4O. The molecule has 26 heavy (non-hydrogen) atoms. The molecule has 1 aromatic heterocycles. The fraction of sp³-hybridized carbons (Fsp3) is 0.632. The van der Waals surface area contributed by atoms with E-state index in [2.05, 4.69) is 31.9 Å². The normalized spacial score (nSPS) is 30.7. The number of pyridine rings is 1. The SMILES string of the molecule is CC1(C)C(=O)N([C@H]2C[C@@](C#N)(N3CCCCC3)C2)c2cc(Br)c(F)nc21. The van der Waals surface area contributed by atoms with Gasteiger partial charge in [0.15, 0.2) is 0 Å². The molecule has 0 spiro atoms. The fourth-order valence-electron chi connectivity index (χ4n) is 4.62. The molecular weight excluding hydrogens is 399 g/mol. The van der Waals surface area contributed by atoms with Crippen molar-refractivity contribution in [1.29, 1.82) is 5.26 Å². The van der Waals surface area contributed by atoms with E-state index < -0.39 is 16.9 Å². The summed E-state index contributed by atoms with van der Waals surface area (Å²) in [6.45, 7) is 5.48. The molecule has 0 unspecified atom stereocenters. The van der Waals surface area contributed by atoms with Gasteiger partial charge in [0.1, 0.15) is 5.54 Å². The third-order valence-electron chi connectivity index (χ3n) is 6.20. The number of nitrogens with zero attached hydrogens (tertiary/aromatic N) is 4. The Kier molecular flexibility index (Phi) is 4.12. The van der Waals surface area contributed by atoms with E-state index in [4.69, 9.17) is 0 Å². The van der Waals surface area contributed by atoms with Crippen LogP contribution in [0.3, 0.4) is 0 Å². The average Bonchev–Trinajstić information content (AvgIpc) is 2.77. The van der Waals surface area contributed by atoms with Gasteiger partial charge < -0.3 is 4.90 Å². The van der Waals surface area contributed by atoms with E-state index in [1.165, 1.54) is 6.42 Å². The van der Waals surface area contributed by atoms with Gasteiger partial charge in [-0.05, 0) is 61.8 Å². The Morgan fingerprint density at radius 2 is 1.96 bits per heavy atom. The Balaban J connectivity index is 1.63. The first-order valence-electron chi connectivity index (χ1n) is 9.17. The number of nitriles is 1. The Hall–Kier alpha value is -1.52. The molecule has 138 valence electrons. The molecule has 1 saturated carbocycles. The average molecular weight is 421 g/mol. The maximum atomic E-state index is 14.0. The zero-order valence-corrected chi connectivity index (χ0v) is 16.6. The smallest absolute Gasteiger partial charge is 0.239 e. The van der Waals surface area contributed by atoms with Crippen molar-refractivity contribution in [3.63, 3.8) is 0 Å². The summed E-state index contributed by atoms with van der Waals surface area (Å²) in [5, 5.41) is 9.83. The van der Waals surface area contributed by atoms with Crippen LogP contribution < -0.4 is 4.90 Å². The Bertz CT molecular complexity index is 806. The summed E-state index contributed by atoms with van der Waals surface area (Å²) in [4.78, 5) is 21.2. The van der Waals surface area contributed by atoms with Crippen LogP contribution in [0.5, 0.6) is 0 Å². The highest BCUT2D eigenvalue weighted by Crippen LogP contribution is 2.49. The van der Waals surface area contributed by atoms with Crippen LogP contribution in [0.4, 0.5) is 10.1 Å². The first-order chi connectivity index (χ1) is 12.3. The summed E-state index contributed by atoms with van der Waals surface area (Å²) in [5.74, 6) is -0.660. The fourth-order valence-corrected chi connectivity index (χ4v) is 4.92. The van der Waals surface area contributed by atoms with E-state index in [9.17, 15) is 14.4 Å². The lowest BCUT2D eigenvalue weighted by Gasteiger charge is -2.53. The minimum Gasteiger partial charge on any atom is -0.306 e. The van der Waals surface area contributed by atoms with Gasteiger partial charge >= 0.3 is 0 Å². The second kappa shape index (κ2) is 6.00. The van der Waals surface area contributed by atoms with Crippen LogP contribution in [0.25, 0.3) is 0 Å². The monoisotopic (exact) mass is 420 g/mol. The molecule has 1 amide bonds. The van der Waals surface area contributed by atoms with Crippen LogP contribution in [0.15, 0.2) is 10.5 Å². The second-order valence-electron chi connectivity index (χ2n) is 8.18. The van der Waals surface area contributed by atoms with E-state index in [1.54, 1.807) is 24.8 Å². The zero-order valence-electron chi connectivity index (χ0n) is 15.1. The van der Waals surface area contributed by atoms with Crippen LogP contribution >= 0.6 is 15.9 Å². The number of likely N-dealkylation sites (tertiary alicyclic amines) is 1. The standard InChI is InChI=1S/C19H22BrFN4O/c1-18(2)15-14(8-13(20)16(21)23-15)25(17(18)26)12-9-19(10-12,11-22)24-6-4-3-5-7-24/h8,12H,3-7,9-10H2,1-2H3/t12-,19+. The quantitative estimate of drug-likeness (QED) is 0.686. The maximum absolute atomic E-state index is 14.0. The summed E-state index contributed by atoms with van der Waals surface area (Å²) in [7, 11) is 0. The molecule has 0 N–H and O–H groups in total. The van der Waals surface area contributed by atoms with E-state index >= 15 is 0 Å². The number of rotatable bonds is 2. The van der Waals surface area contributed by atoms with Gasteiger partial charge in [-0.2, -0.15) is 9.65 Å². The van der Waals surface area contributed by atoms with E-state index in [0.29, 0.717) is 24.2 Å². The molecule has 0 atom stereocenters. The summed E-state index contributed by atoms with van der Waals surface area (Å²) in [6, 6.07) is 4.13. The van der Waals surface area contributed by atoms with Gasteiger partial charge in [-0.25, -0.2) is 4.98 Å². The Morgan fingerprint density at radius 1 is 1.31 bits per heavy atom. The molecule has 0 aromatic carbocycles. The number of fused-ring (bicyclic) bond motifs is 1. The van der Waals surface area contributed by atoms with Crippen LogP contribution in [-0.2, 0) is 10.2 Å². The third kappa shape index (κ3) is 2.42. The molecule has 0 bridgehead atoms. The molecule has 7 heteroatoms. The molecule has 5 nitrogen and oxygen atoms in total. The number of hydrogen-bond acceptors (Lipinski definition) is 4. The zero-order chi connectivity index (χ0) is 18.7. The maximum Gasteiger partial charge on any atom is 0.239 e. The predicted molar refractivity (Wildman–Crippen MR) is 99.2 cm³/mol. The van der Waals surface area contributed by atoms with E-state index in [1.807, 2.05) is 0 Å². The predicted octanol–water partition coefficient (Wildman–Crippen LogP) is 3.52. The van der Waals surface area contributed by atoms with Crippen LogP contribution in [0.2, 0.25) is 0 Å². The van der Waals surface area contributed by atoms with Crippen molar-refractivity contribution in [2.24, 2.45) is 0 Å². The van der Waals surface area contributed by atoms with Gasteiger partial charge in [0.05, 0.1) is 27.3 Å². The van der Waals surface area contributed by atoms with E-state index in [-0.39, 0.29) is 16.4 Å². The summed E-state index contributed by atoms with van der Waals surface area (Å²) < 4.78 is 14.2. The molecule has 2 aliphatic heterocycles. The van der Waals surface area contributed by atoms with Crippen molar-refractivity contribution in [1.82, 2.24) is 9.88 Å². The highest BCUT2D eigenvalue weighted by molar-refractivity contribution is 9.10. The van der Waals surface area contributed by atoms with Gasteiger partial charge in [0.2, 0.25) is 11.9 Å². The topological polar surface area (TPSA) is 60.2 Å². The van der Waals surface area contributed by atoms with Crippen LogP contribution in [0, 0.1) is 17.3 Å². The number of amides is 1. The number of piperidine rings is 1. The molecule has 4 rings (SSSR count). The molecule has 1 aliphatic carbocycles. The van der Waals surface area contributed by atoms with Gasteiger partial charge in [-0.3, -0.25) is 9.69 Å². The lowest BCUT2D eigenvalue weighted by molar-refractivity contribution is -0.123. The van der Waals surface area contributed by atoms with Crippen molar-refractivity contribution >= 4 is 27.5 Å².